The van der Waals surface area contributed by atoms with Gasteiger partial charge in [0.15, 0.2) is 0 Å². The van der Waals surface area contributed by atoms with Crippen molar-refractivity contribution in [2.75, 3.05) is 0 Å². The molecule has 4 rings (SSSR count). The molecule has 0 spiro atoms. The molecule has 23 heavy (non-hydrogen) atoms. The molecule has 4 aliphatic carbocycles. The van der Waals surface area contributed by atoms with E-state index in [-0.39, 0.29) is 22.3 Å². The lowest BCUT2D eigenvalue weighted by molar-refractivity contribution is -0.131. The zero-order chi connectivity index (χ0) is 16.6. The summed E-state index contributed by atoms with van der Waals surface area (Å²) < 4.78 is 0. The van der Waals surface area contributed by atoms with Crippen molar-refractivity contribution in [1.29, 1.82) is 5.41 Å². The minimum Gasteiger partial charge on any atom is -0.299 e. The Morgan fingerprint density at radius 3 is 2.65 bits per heavy atom. The monoisotopic (exact) mass is 311 g/mol. The van der Waals surface area contributed by atoms with E-state index in [4.69, 9.17) is 5.41 Å². The fraction of sp³-hybridized carbons (Fsp3) is 0.650. The van der Waals surface area contributed by atoms with E-state index in [0.717, 1.165) is 37.7 Å². The molecule has 0 unspecified atom stereocenters. The van der Waals surface area contributed by atoms with E-state index in [1.54, 1.807) is 0 Å². The Labute approximate surface area is 137 Å². The first kappa shape index (κ1) is 15.0. The summed E-state index contributed by atoms with van der Waals surface area (Å²) in [5.41, 5.74) is 1.51. The van der Waals surface area contributed by atoms with E-state index in [2.05, 4.69) is 26.0 Å². The highest BCUT2D eigenvalue weighted by atomic mass is 16.1. The molecule has 2 saturated carbocycles. The maximum Gasteiger partial charge on any atom is 0.206 e. The first-order valence-electron chi connectivity index (χ1n) is 8.86. The molecule has 0 bridgehead atoms. The van der Waals surface area contributed by atoms with Gasteiger partial charge in [-0.1, -0.05) is 26.0 Å². The first-order chi connectivity index (χ1) is 10.8. The number of carbonyl (C=O) groups excluding carboxylic acids is 2. The fourth-order valence-electron chi connectivity index (χ4n) is 6.20. The van der Waals surface area contributed by atoms with E-state index < -0.39 is 0 Å². The van der Waals surface area contributed by atoms with Crippen LogP contribution in [0.15, 0.2) is 23.3 Å². The van der Waals surface area contributed by atoms with E-state index in [9.17, 15) is 9.59 Å². The van der Waals surface area contributed by atoms with Crippen LogP contribution >= 0.6 is 0 Å². The highest BCUT2D eigenvalue weighted by molar-refractivity contribution is 6.51. The van der Waals surface area contributed by atoms with Crippen LogP contribution in [0.1, 0.15) is 52.9 Å². The third-order valence-corrected chi connectivity index (χ3v) is 7.46. The molecule has 0 aromatic heterocycles. The average molecular weight is 311 g/mol. The van der Waals surface area contributed by atoms with Gasteiger partial charge in [-0.2, -0.15) is 0 Å². The Morgan fingerprint density at radius 1 is 1.17 bits per heavy atom. The molecule has 122 valence electrons. The lowest BCUT2D eigenvalue weighted by atomic mass is 9.48. The van der Waals surface area contributed by atoms with Crippen molar-refractivity contribution in [2.24, 2.45) is 28.6 Å². The van der Waals surface area contributed by atoms with Gasteiger partial charge in [-0.05, 0) is 61.5 Å². The number of rotatable bonds is 0. The van der Waals surface area contributed by atoms with Crippen LogP contribution in [0.3, 0.4) is 0 Å². The van der Waals surface area contributed by atoms with E-state index in [1.165, 1.54) is 0 Å². The number of hydrogen-bond acceptors (Lipinski definition) is 3. The highest BCUT2D eigenvalue weighted by Gasteiger charge is 2.58. The van der Waals surface area contributed by atoms with E-state index in [1.807, 2.05) is 6.92 Å². The van der Waals surface area contributed by atoms with Crippen molar-refractivity contribution in [3.05, 3.63) is 23.3 Å². The quantitative estimate of drug-likeness (QED) is 0.738. The van der Waals surface area contributed by atoms with Crippen LogP contribution in [-0.2, 0) is 9.59 Å². The summed E-state index contributed by atoms with van der Waals surface area (Å²) in [7, 11) is 0. The molecule has 1 N–H and O–H groups in total. The summed E-state index contributed by atoms with van der Waals surface area (Å²) in [5.74, 6) is 1.78. The van der Waals surface area contributed by atoms with Gasteiger partial charge in [-0.25, -0.2) is 0 Å². The van der Waals surface area contributed by atoms with Gasteiger partial charge in [-0.3, -0.25) is 15.0 Å². The summed E-state index contributed by atoms with van der Waals surface area (Å²) >= 11 is 0. The number of ketones is 2. The third-order valence-electron chi connectivity index (χ3n) is 7.46. The predicted octanol–water partition coefficient (Wildman–Crippen LogP) is 3.88. The molecular formula is C20H25NO2. The third kappa shape index (κ3) is 1.74. The number of fused-ring (bicyclic) bond motifs is 5. The summed E-state index contributed by atoms with van der Waals surface area (Å²) in [4.78, 5) is 24.6. The zero-order valence-corrected chi connectivity index (χ0v) is 14.2. The van der Waals surface area contributed by atoms with Crippen molar-refractivity contribution in [3.8, 4) is 0 Å². The van der Waals surface area contributed by atoms with Crippen LogP contribution in [0.4, 0.5) is 0 Å². The maximum absolute atomic E-state index is 12.4. The van der Waals surface area contributed by atoms with Crippen molar-refractivity contribution in [1.82, 2.24) is 0 Å². The molecule has 3 heteroatoms. The van der Waals surface area contributed by atoms with Crippen molar-refractivity contribution < 1.29 is 9.59 Å². The standard InChI is InChI=1S/C20H25NO2/c1-11-10-20(3)14-8-9-19(2)13(6-7-16(19)22)12(14)4-5-15(20)17(21)18(11)23/h5,10,12-14,21H,4,6-9H2,1-3H3/t12-,13-,14-,19-,20+/m0/s1. The number of Topliss-reactive ketones (excluding diaryl/α,β-unsaturated/α-hetero) is 2. The summed E-state index contributed by atoms with van der Waals surface area (Å²) in [5, 5.41) is 8.29. The summed E-state index contributed by atoms with van der Waals surface area (Å²) in [6, 6.07) is 0. The van der Waals surface area contributed by atoms with Gasteiger partial charge in [-0.15, -0.1) is 0 Å². The Kier molecular flexibility index (Phi) is 2.96. The van der Waals surface area contributed by atoms with Crippen LogP contribution in [-0.4, -0.2) is 17.3 Å². The average Bonchev–Trinajstić information content (AvgIpc) is 2.80. The van der Waals surface area contributed by atoms with E-state index in [0.29, 0.717) is 29.1 Å². The zero-order valence-electron chi connectivity index (χ0n) is 14.2. The molecule has 2 fully saturated rings. The Morgan fingerprint density at radius 2 is 1.91 bits per heavy atom. The smallest absolute Gasteiger partial charge is 0.206 e. The fourth-order valence-corrected chi connectivity index (χ4v) is 6.20. The first-order valence-corrected chi connectivity index (χ1v) is 8.86. The van der Waals surface area contributed by atoms with Crippen molar-refractivity contribution in [2.45, 2.75) is 52.9 Å². The maximum atomic E-state index is 12.4. The Bertz CT molecular complexity index is 700. The Balaban J connectivity index is 1.80. The van der Waals surface area contributed by atoms with Gasteiger partial charge in [0.05, 0.1) is 0 Å². The van der Waals surface area contributed by atoms with Gasteiger partial charge in [0, 0.05) is 17.3 Å². The molecule has 0 radical (unpaired) electrons. The van der Waals surface area contributed by atoms with Gasteiger partial charge in [0.1, 0.15) is 11.5 Å². The lowest BCUT2D eigenvalue weighted by Crippen LogP contribution is -2.51. The number of allylic oxidation sites excluding steroid dienone is 4. The van der Waals surface area contributed by atoms with Crippen LogP contribution in [0, 0.1) is 34.0 Å². The minimum atomic E-state index is -0.203. The largest absolute Gasteiger partial charge is 0.299 e. The molecular weight excluding hydrogens is 286 g/mol. The predicted molar refractivity (Wildman–Crippen MR) is 89.3 cm³/mol. The molecule has 0 aromatic rings. The van der Waals surface area contributed by atoms with Gasteiger partial charge in [0.25, 0.3) is 0 Å². The van der Waals surface area contributed by atoms with E-state index >= 15 is 0 Å². The number of nitrogens with one attached hydrogen (secondary N) is 1. The second kappa shape index (κ2) is 4.52. The van der Waals surface area contributed by atoms with Gasteiger partial charge >= 0.3 is 0 Å². The summed E-state index contributed by atoms with van der Waals surface area (Å²) in [6.07, 6.45) is 8.94. The van der Waals surface area contributed by atoms with Crippen LogP contribution in [0.25, 0.3) is 0 Å². The molecule has 4 aliphatic rings. The topological polar surface area (TPSA) is 58.0 Å². The van der Waals surface area contributed by atoms with Crippen molar-refractivity contribution >= 4 is 17.3 Å². The van der Waals surface area contributed by atoms with Crippen LogP contribution in [0.2, 0.25) is 0 Å². The molecule has 5 atom stereocenters. The molecule has 0 heterocycles. The molecule has 0 amide bonds. The van der Waals surface area contributed by atoms with Crippen LogP contribution in [0.5, 0.6) is 0 Å². The SMILES string of the molecule is CC1=C[C@@]2(C)C(=CC[C@@H]3[C@@H]2CC[C@]2(C)C(=O)CC[C@@H]32)C(=N)C1=O. The summed E-state index contributed by atoms with van der Waals surface area (Å²) in [6.45, 7) is 6.23. The van der Waals surface area contributed by atoms with Crippen molar-refractivity contribution in [3.63, 3.8) is 0 Å². The number of carbonyl (C=O) groups is 2. The molecule has 3 nitrogen and oxygen atoms in total. The molecule has 0 saturated heterocycles. The second-order valence-electron chi connectivity index (χ2n) is 8.46. The molecule has 0 aromatic carbocycles. The Hall–Kier alpha value is -1.51. The minimum absolute atomic E-state index is 0.121. The number of hydrogen-bond donors (Lipinski definition) is 1. The van der Waals surface area contributed by atoms with Crippen LogP contribution < -0.4 is 0 Å². The molecule has 0 aliphatic heterocycles. The highest BCUT2D eigenvalue weighted by Crippen LogP contribution is 2.62. The normalized spacial score (nSPS) is 45.9. The lowest BCUT2D eigenvalue weighted by Gasteiger charge is -2.54. The second-order valence-corrected chi connectivity index (χ2v) is 8.46. The van der Waals surface area contributed by atoms with Gasteiger partial charge in [0.2, 0.25) is 5.78 Å². The van der Waals surface area contributed by atoms with Gasteiger partial charge < -0.3 is 0 Å².